The first-order valence-electron chi connectivity index (χ1n) is 7.84. The minimum atomic E-state index is -0.0434. The minimum Gasteiger partial charge on any atom is -0.493 e. The smallest absolute Gasteiger partial charge is 0.230 e. The van der Waals surface area contributed by atoms with Gasteiger partial charge in [0.2, 0.25) is 5.91 Å². The number of ether oxygens (including phenoxy) is 1. The number of thioether (sulfide) groups is 1. The van der Waals surface area contributed by atoms with Gasteiger partial charge >= 0.3 is 0 Å². The van der Waals surface area contributed by atoms with E-state index in [1.54, 1.807) is 12.3 Å². The first-order chi connectivity index (χ1) is 12.2. The van der Waals surface area contributed by atoms with Gasteiger partial charge in [-0.1, -0.05) is 41.6 Å². The molecule has 8 heteroatoms. The van der Waals surface area contributed by atoms with Crippen LogP contribution >= 0.6 is 23.4 Å². The molecule has 0 radical (unpaired) electrons. The molecule has 3 aromatic rings. The van der Waals surface area contributed by atoms with Crippen LogP contribution in [0.5, 0.6) is 5.75 Å². The average Bonchev–Trinajstić information content (AvgIpc) is 3.02. The summed E-state index contributed by atoms with van der Waals surface area (Å²) in [5, 5.41) is 4.26. The summed E-state index contributed by atoms with van der Waals surface area (Å²) >= 11 is 7.25. The van der Waals surface area contributed by atoms with Crippen molar-refractivity contribution in [3.8, 4) is 5.75 Å². The maximum atomic E-state index is 12.3. The van der Waals surface area contributed by atoms with Crippen LogP contribution < -0.4 is 10.1 Å². The second-order valence-corrected chi connectivity index (χ2v) is 7.05. The summed E-state index contributed by atoms with van der Waals surface area (Å²) in [6.07, 6.45) is 2.31. The number of H-pyrrole nitrogens is 1. The number of carbonyl (C=O) groups excluding carboxylic acids is 1. The van der Waals surface area contributed by atoms with E-state index < -0.39 is 0 Å². The Morgan fingerprint density at radius 1 is 1.44 bits per heavy atom. The van der Waals surface area contributed by atoms with Gasteiger partial charge < -0.3 is 15.0 Å². The molecule has 0 bridgehead atoms. The van der Waals surface area contributed by atoms with Gasteiger partial charge in [0.25, 0.3) is 0 Å². The quantitative estimate of drug-likeness (QED) is 0.684. The fraction of sp³-hybridized carbons (Fsp3) is 0.235. The molecule has 25 heavy (non-hydrogen) atoms. The number of halogens is 1. The summed E-state index contributed by atoms with van der Waals surface area (Å²) < 4.78 is 5.62. The lowest BCUT2D eigenvalue weighted by Gasteiger charge is -2.26. The maximum Gasteiger partial charge on any atom is 0.230 e. The number of nitrogens with zero attached hydrogens (tertiary/aromatic N) is 2. The van der Waals surface area contributed by atoms with E-state index in [1.807, 2.05) is 24.3 Å². The number of amides is 1. The molecular weight excluding hydrogens is 360 g/mol. The minimum absolute atomic E-state index is 0.0193. The van der Waals surface area contributed by atoms with E-state index in [9.17, 15) is 4.79 Å². The van der Waals surface area contributed by atoms with Gasteiger partial charge in [-0.15, -0.1) is 0 Å². The third kappa shape index (κ3) is 3.57. The van der Waals surface area contributed by atoms with Crippen molar-refractivity contribution in [3.63, 3.8) is 0 Å². The van der Waals surface area contributed by atoms with Crippen molar-refractivity contribution in [3.05, 3.63) is 47.1 Å². The molecule has 1 unspecified atom stereocenters. The zero-order valence-electron chi connectivity index (χ0n) is 13.2. The van der Waals surface area contributed by atoms with E-state index in [-0.39, 0.29) is 17.7 Å². The highest BCUT2D eigenvalue weighted by Gasteiger charge is 2.22. The number of carbonyl (C=O) groups is 1. The van der Waals surface area contributed by atoms with Crippen molar-refractivity contribution in [2.75, 3.05) is 12.4 Å². The predicted octanol–water partition coefficient (Wildman–Crippen LogP) is 3.34. The molecule has 0 saturated heterocycles. The van der Waals surface area contributed by atoms with Crippen LogP contribution in [0, 0.1) is 0 Å². The molecule has 1 atom stereocenters. The summed E-state index contributed by atoms with van der Waals surface area (Å²) in [6.45, 7) is 0.602. The van der Waals surface area contributed by atoms with Crippen molar-refractivity contribution in [2.45, 2.75) is 17.6 Å². The van der Waals surface area contributed by atoms with Crippen molar-refractivity contribution in [1.82, 2.24) is 20.3 Å². The van der Waals surface area contributed by atoms with E-state index in [0.29, 0.717) is 22.4 Å². The van der Waals surface area contributed by atoms with E-state index in [4.69, 9.17) is 16.3 Å². The molecule has 0 aliphatic carbocycles. The molecule has 4 rings (SSSR count). The number of para-hydroxylation sites is 1. The van der Waals surface area contributed by atoms with E-state index in [1.165, 1.54) is 11.8 Å². The number of fused-ring (bicyclic) bond motifs is 2. The SMILES string of the molecule is O=C(CSc1nc2ncc(Cl)cc2[nH]1)NC1CCOc2ccccc21. The number of nitrogens with one attached hydrogen (secondary N) is 2. The van der Waals surface area contributed by atoms with Crippen LogP contribution in [-0.2, 0) is 4.79 Å². The number of aromatic amines is 1. The maximum absolute atomic E-state index is 12.3. The van der Waals surface area contributed by atoms with Gasteiger partial charge in [0.1, 0.15) is 5.75 Å². The molecule has 2 N–H and O–H groups in total. The highest BCUT2D eigenvalue weighted by Crippen LogP contribution is 2.31. The van der Waals surface area contributed by atoms with Crippen LogP contribution in [0.1, 0.15) is 18.0 Å². The molecule has 0 spiro atoms. The van der Waals surface area contributed by atoms with Crippen LogP contribution in [0.15, 0.2) is 41.7 Å². The number of hydrogen-bond donors (Lipinski definition) is 2. The highest BCUT2D eigenvalue weighted by atomic mass is 35.5. The van der Waals surface area contributed by atoms with Crippen molar-refractivity contribution in [1.29, 1.82) is 0 Å². The highest BCUT2D eigenvalue weighted by molar-refractivity contribution is 7.99. The van der Waals surface area contributed by atoms with E-state index >= 15 is 0 Å². The number of hydrogen-bond acceptors (Lipinski definition) is 5. The Morgan fingerprint density at radius 2 is 2.32 bits per heavy atom. The molecule has 0 fully saturated rings. The predicted molar refractivity (Wildman–Crippen MR) is 97.1 cm³/mol. The number of aromatic nitrogens is 3. The molecule has 1 aliphatic heterocycles. The number of rotatable bonds is 4. The number of benzene rings is 1. The van der Waals surface area contributed by atoms with Gasteiger partial charge in [-0.05, 0) is 12.1 Å². The van der Waals surface area contributed by atoms with Crippen molar-refractivity contribution >= 4 is 40.4 Å². The number of pyridine rings is 1. The van der Waals surface area contributed by atoms with E-state index in [0.717, 1.165) is 23.3 Å². The van der Waals surface area contributed by atoms with Crippen molar-refractivity contribution in [2.24, 2.45) is 0 Å². The average molecular weight is 375 g/mol. The van der Waals surface area contributed by atoms with Crippen LogP contribution in [0.25, 0.3) is 11.2 Å². The Hall–Kier alpha value is -2.25. The fourth-order valence-corrected chi connectivity index (χ4v) is 3.62. The summed E-state index contributed by atoms with van der Waals surface area (Å²) in [5.41, 5.74) is 2.37. The molecule has 128 valence electrons. The second-order valence-electron chi connectivity index (χ2n) is 5.65. The topological polar surface area (TPSA) is 79.9 Å². The fourth-order valence-electron chi connectivity index (χ4n) is 2.78. The van der Waals surface area contributed by atoms with Crippen LogP contribution in [0.3, 0.4) is 0 Å². The first kappa shape index (κ1) is 16.2. The molecule has 0 saturated carbocycles. The molecule has 2 aromatic heterocycles. The van der Waals surface area contributed by atoms with Crippen LogP contribution in [0.2, 0.25) is 5.02 Å². The summed E-state index contributed by atoms with van der Waals surface area (Å²) in [5.74, 6) is 1.07. The molecule has 1 aromatic carbocycles. The Bertz CT molecular complexity index is 930. The third-order valence-corrected chi connectivity index (χ3v) is 5.00. The lowest BCUT2D eigenvalue weighted by atomic mass is 10.0. The van der Waals surface area contributed by atoms with Crippen LogP contribution in [-0.4, -0.2) is 33.2 Å². The normalized spacial score (nSPS) is 16.3. The molecule has 1 aliphatic rings. The zero-order chi connectivity index (χ0) is 17.2. The lowest BCUT2D eigenvalue weighted by molar-refractivity contribution is -0.119. The molecule has 1 amide bonds. The molecule has 3 heterocycles. The van der Waals surface area contributed by atoms with Gasteiger partial charge in [-0.2, -0.15) is 0 Å². The number of imidazole rings is 1. The Labute approximate surface area is 153 Å². The largest absolute Gasteiger partial charge is 0.493 e. The van der Waals surface area contributed by atoms with Gasteiger partial charge in [0.15, 0.2) is 10.8 Å². The van der Waals surface area contributed by atoms with Crippen LogP contribution in [0.4, 0.5) is 0 Å². The molecular formula is C17H15ClN4O2S. The van der Waals surface area contributed by atoms with Gasteiger partial charge in [-0.3, -0.25) is 4.79 Å². The Balaban J connectivity index is 1.39. The Morgan fingerprint density at radius 3 is 3.24 bits per heavy atom. The van der Waals surface area contributed by atoms with Gasteiger partial charge in [0, 0.05) is 18.2 Å². The van der Waals surface area contributed by atoms with E-state index in [2.05, 4.69) is 20.3 Å². The molecule has 6 nitrogen and oxygen atoms in total. The lowest BCUT2D eigenvalue weighted by Crippen LogP contribution is -2.33. The van der Waals surface area contributed by atoms with Gasteiger partial charge in [0.05, 0.1) is 28.9 Å². The Kier molecular flexibility index (Phi) is 4.50. The monoisotopic (exact) mass is 374 g/mol. The van der Waals surface area contributed by atoms with Gasteiger partial charge in [-0.25, -0.2) is 9.97 Å². The zero-order valence-corrected chi connectivity index (χ0v) is 14.7. The summed E-state index contributed by atoms with van der Waals surface area (Å²) in [4.78, 5) is 23.9. The van der Waals surface area contributed by atoms with Crippen molar-refractivity contribution < 1.29 is 9.53 Å². The summed E-state index contributed by atoms with van der Waals surface area (Å²) in [6, 6.07) is 9.54. The summed E-state index contributed by atoms with van der Waals surface area (Å²) in [7, 11) is 0. The first-order valence-corrected chi connectivity index (χ1v) is 9.20. The third-order valence-electron chi connectivity index (χ3n) is 3.92. The second kappa shape index (κ2) is 6.93. The standard InChI is InChI=1S/C17H15ClN4O2S/c18-10-7-13-16(19-8-10)22-17(21-13)25-9-15(23)20-12-5-6-24-14-4-2-1-3-11(12)14/h1-4,7-8,12H,5-6,9H2,(H,20,23)(H,19,21,22).